The van der Waals surface area contributed by atoms with Crippen molar-refractivity contribution in [2.45, 2.75) is 0 Å². The van der Waals surface area contributed by atoms with Crippen LogP contribution in [0.4, 0.5) is 16.5 Å². The molecular formula is C15H10N4O6S. The highest BCUT2D eigenvalue weighted by molar-refractivity contribution is 7.22. The van der Waals surface area contributed by atoms with Crippen molar-refractivity contribution in [1.82, 2.24) is 4.98 Å². The van der Waals surface area contributed by atoms with E-state index >= 15 is 0 Å². The van der Waals surface area contributed by atoms with Crippen LogP contribution in [0.1, 0.15) is 0 Å². The lowest BCUT2D eigenvalue weighted by Crippen LogP contribution is -2.19. The molecule has 1 aromatic heterocycles. The number of carbonyl (C=O) groups is 1. The van der Waals surface area contributed by atoms with E-state index in [9.17, 15) is 25.0 Å². The molecule has 0 aliphatic carbocycles. The Hall–Kier alpha value is -3.60. The third kappa shape index (κ3) is 3.89. The van der Waals surface area contributed by atoms with Crippen LogP contribution in [0.3, 0.4) is 0 Å². The molecule has 1 heterocycles. The Morgan fingerprint density at radius 2 is 1.73 bits per heavy atom. The summed E-state index contributed by atoms with van der Waals surface area (Å²) < 4.78 is 5.83. The number of benzene rings is 2. The number of thiazole rings is 1. The van der Waals surface area contributed by atoms with Gasteiger partial charge in [-0.1, -0.05) is 11.3 Å². The summed E-state index contributed by atoms with van der Waals surface area (Å²) in [7, 11) is 0. The second-order valence-corrected chi connectivity index (χ2v) is 6.05. The number of nitro benzene ring substituents is 2. The molecule has 132 valence electrons. The number of aromatic nitrogens is 1. The van der Waals surface area contributed by atoms with Gasteiger partial charge < -0.3 is 4.74 Å². The number of hydrogen-bond donors (Lipinski definition) is 1. The maximum atomic E-state index is 11.9. The Kier molecular flexibility index (Phi) is 4.71. The van der Waals surface area contributed by atoms with E-state index in [-0.39, 0.29) is 23.1 Å². The number of amides is 1. The Labute approximate surface area is 149 Å². The van der Waals surface area contributed by atoms with Crippen LogP contribution in [0.2, 0.25) is 0 Å². The number of fused-ring (bicyclic) bond motifs is 1. The van der Waals surface area contributed by atoms with Gasteiger partial charge in [0, 0.05) is 24.3 Å². The van der Waals surface area contributed by atoms with E-state index in [0.717, 1.165) is 11.3 Å². The van der Waals surface area contributed by atoms with Crippen LogP contribution in [0.5, 0.6) is 5.75 Å². The third-order valence-electron chi connectivity index (χ3n) is 3.25. The second kappa shape index (κ2) is 7.11. The zero-order valence-corrected chi connectivity index (χ0v) is 13.8. The fourth-order valence-corrected chi connectivity index (χ4v) is 2.96. The highest BCUT2D eigenvalue weighted by Gasteiger charge is 2.12. The fraction of sp³-hybridized carbons (Fsp3) is 0.0667. The lowest BCUT2D eigenvalue weighted by Gasteiger charge is -2.05. The number of non-ortho nitro benzene ring substituents is 2. The zero-order valence-electron chi connectivity index (χ0n) is 12.9. The number of ether oxygens (including phenoxy) is 1. The monoisotopic (exact) mass is 374 g/mol. The van der Waals surface area contributed by atoms with Crippen molar-refractivity contribution >= 4 is 44.0 Å². The Morgan fingerprint density at radius 1 is 1.08 bits per heavy atom. The van der Waals surface area contributed by atoms with E-state index in [2.05, 4.69) is 10.3 Å². The van der Waals surface area contributed by atoms with Crippen LogP contribution in [-0.4, -0.2) is 27.3 Å². The fourth-order valence-electron chi connectivity index (χ4n) is 2.05. The molecular weight excluding hydrogens is 364 g/mol. The first-order chi connectivity index (χ1) is 12.4. The van der Waals surface area contributed by atoms with E-state index in [1.807, 2.05) is 0 Å². The summed E-state index contributed by atoms with van der Waals surface area (Å²) in [5, 5.41) is 24.2. The number of carbonyl (C=O) groups excluding carboxylic acids is 1. The van der Waals surface area contributed by atoms with Crippen molar-refractivity contribution in [3.05, 3.63) is 62.7 Å². The van der Waals surface area contributed by atoms with Gasteiger partial charge in [-0.25, -0.2) is 4.98 Å². The zero-order chi connectivity index (χ0) is 18.7. The van der Waals surface area contributed by atoms with Crippen molar-refractivity contribution in [2.24, 2.45) is 0 Å². The predicted octanol–water partition coefficient (Wildman–Crippen LogP) is 3.13. The first-order valence-corrected chi connectivity index (χ1v) is 7.96. The molecule has 0 saturated carbocycles. The third-order valence-corrected chi connectivity index (χ3v) is 4.18. The SMILES string of the molecule is O=C(COc1ccc([N+](=O)[O-])cc1)Nc1nc2ccc([N+](=O)[O-])cc2s1. The van der Waals surface area contributed by atoms with Gasteiger partial charge in [0.1, 0.15) is 5.75 Å². The summed E-state index contributed by atoms with van der Waals surface area (Å²) in [6.07, 6.45) is 0. The van der Waals surface area contributed by atoms with Crippen molar-refractivity contribution in [3.8, 4) is 5.75 Å². The molecule has 1 N–H and O–H groups in total. The number of hydrogen-bond acceptors (Lipinski definition) is 8. The van der Waals surface area contributed by atoms with Crippen LogP contribution < -0.4 is 10.1 Å². The number of nitrogens with one attached hydrogen (secondary N) is 1. The Morgan fingerprint density at radius 3 is 2.38 bits per heavy atom. The summed E-state index contributed by atoms with van der Waals surface area (Å²) in [4.78, 5) is 36.4. The van der Waals surface area contributed by atoms with E-state index < -0.39 is 15.8 Å². The molecule has 10 nitrogen and oxygen atoms in total. The topological polar surface area (TPSA) is 138 Å². The van der Waals surface area contributed by atoms with Gasteiger partial charge in [0.2, 0.25) is 0 Å². The van der Waals surface area contributed by atoms with E-state index in [0.29, 0.717) is 16.0 Å². The normalized spacial score (nSPS) is 10.5. The molecule has 0 bridgehead atoms. The molecule has 0 aliphatic heterocycles. The molecule has 0 unspecified atom stereocenters. The maximum absolute atomic E-state index is 11.9. The molecule has 0 spiro atoms. The van der Waals surface area contributed by atoms with Crippen LogP contribution in [0, 0.1) is 20.2 Å². The maximum Gasteiger partial charge on any atom is 0.270 e. The molecule has 0 saturated heterocycles. The van der Waals surface area contributed by atoms with Gasteiger partial charge in [-0.2, -0.15) is 0 Å². The first kappa shape index (κ1) is 17.2. The van der Waals surface area contributed by atoms with Gasteiger partial charge >= 0.3 is 0 Å². The van der Waals surface area contributed by atoms with Gasteiger partial charge in [-0.3, -0.25) is 30.3 Å². The van der Waals surface area contributed by atoms with Crippen LogP contribution in [0.15, 0.2) is 42.5 Å². The average molecular weight is 374 g/mol. The minimum Gasteiger partial charge on any atom is -0.484 e. The Bertz CT molecular complexity index is 1000. The van der Waals surface area contributed by atoms with Crippen LogP contribution in [-0.2, 0) is 4.79 Å². The minimum atomic E-state index is -0.534. The van der Waals surface area contributed by atoms with Gasteiger partial charge in [0.05, 0.1) is 20.1 Å². The number of anilines is 1. The lowest BCUT2D eigenvalue weighted by molar-refractivity contribution is -0.385. The highest BCUT2D eigenvalue weighted by atomic mass is 32.1. The van der Waals surface area contributed by atoms with E-state index in [4.69, 9.17) is 4.74 Å². The molecule has 0 aliphatic rings. The summed E-state index contributed by atoms with van der Waals surface area (Å²) in [5.74, 6) is -0.164. The lowest BCUT2D eigenvalue weighted by atomic mass is 10.3. The second-order valence-electron chi connectivity index (χ2n) is 5.02. The molecule has 1 amide bonds. The number of nitrogens with zero attached hydrogens (tertiary/aromatic N) is 3. The van der Waals surface area contributed by atoms with Gasteiger partial charge in [0.25, 0.3) is 17.3 Å². The standard InChI is InChI=1S/C15H10N4O6S/c20-14(8-25-11-4-1-9(2-5-11)18(21)22)17-15-16-12-6-3-10(19(23)24)7-13(12)26-15/h1-7H,8H2,(H,16,17,20). The van der Waals surface area contributed by atoms with E-state index in [1.165, 1.54) is 42.5 Å². The minimum absolute atomic E-state index is 0.0551. The molecule has 3 aromatic rings. The molecule has 11 heteroatoms. The smallest absolute Gasteiger partial charge is 0.270 e. The molecule has 2 aromatic carbocycles. The molecule has 3 rings (SSSR count). The molecule has 26 heavy (non-hydrogen) atoms. The van der Waals surface area contributed by atoms with Crippen molar-refractivity contribution in [2.75, 3.05) is 11.9 Å². The predicted molar refractivity (Wildman–Crippen MR) is 93.5 cm³/mol. The van der Waals surface area contributed by atoms with Crippen molar-refractivity contribution in [3.63, 3.8) is 0 Å². The molecule has 0 atom stereocenters. The number of nitro groups is 2. The Balaban J connectivity index is 1.61. The molecule has 0 fully saturated rings. The summed E-state index contributed by atoms with van der Waals surface area (Å²) in [5.41, 5.74) is 0.401. The largest absolute Gasteiger partial charge is 0.484 e. The van der Waals surface area contributed by atoms with Crippen LogP contribution >= 0.6 is 11.3 Å². The first-order valence-electron chi connectivity index (χ1n) is 7.14. The quantitative estimate of drug-likeness (QED) is 0.516. The summed E-state index contributed by atoms with van der Waals surface area (Å²) >= 11 is 1.11. The van der Waals surface area contributed by atoms with Gasteiger partial charge in [-0.15, -0.1) is 0 Å². The summed E-state index contributed by atoms with van der Waals surface area (Å²) in [6, 6.07) is 9.56. The van der Waals surface area contributed by atoms with Crippen molar-refractivity contribution in [1.29, 1.82) is 0 Å². The summed E-state index contributed by atoms with van der Waals surface area (Å²) in [6.45, 7) is -0.312. The van der Waals surface area contributed by atoms with Gasteiger partial charge in [0.15, 0.2) is 11.7 Å². The van der Waals surface area contributed by atoms with Crippen LogP contribution in [0.25, 0.3) is 10.2 Å². The van der Waals surface area contributed by atoms with Gasteiger partial charge in [-0.05, 0) is 18.2 Å². The molecule has 0 radical (unpaired) electrons. The number of rotatable bonds is 6. The highest BCUT2D eigenvalue weighted by Crippen LogP contribution is 2.29. The average Bonchev–Trinajstić information content (AvgIpc) is 3.01. The van der Waals surface area contributed by atoms with E-state index in [1.54, 1.807) is 0 Å². The van der Waals surface area contributed by atoms with Crippen molar-refractivity contribution < 1.29 is 19.4 Å².